The van der Waals surface area contributed by atoms with Crippen molar-refractivity contribution >= 4 is 44.0 Å². The van der Waals surface area contributed by atoms with Gasteiger partial charge in [-0.2, -0.15) is 8.88 Å². The summed E-state index contributed by atoms with van der Waals surface area (Å²) in [5.74, 6) is 0.313. The Balaban J connectivity index is 1.38. The molecule has 3 N–H and O–H groups in total. The Morgan fingerprint density at radius 1 is 0.860 bits per heavy atom. The molecule has 7 rings (SSSR count). The number of carbonyl (C=O) groups is 1. The summed E-state index contributed by atoms with van der Waals surface area (Å²) in [6.45, 7) is 0.553. The van der Waals surface area contributed by atoms with Crippen LogP contribution in [0.5, 0.6) is 0 Å². The van der Waals surface area contributed by atoms with Gasteiger partial charge < -0.3 is 20.4 Å². The summed E-state index contributed by atoms with van der Waals surface area (Å²) >= 11 is 0. The normalized spacial score (nSPS) is 14.9. The van der Waals surface area contributed by atoms with Crippen LogP contribution >= 0.6 is 0 Å². The number of hydrogen-bond donors (Lipinski definition) is 2. The Morgan fingerprint density at radius 2 is 1.54 bits per heavy atom. The molecule has 3 aliphatic rings. The van der Waals surface area contributed by atoms with Crippen LogP contribution in [0.3, 0.4) is 0 Å². The predicted molar refractivity (Wildman–Crippen MR) is 199 cm³/mol. The summed E-state index contributed by atoms with van der Waals surface area (Å²) < 4.78 is 39.0. The fourth-order valence-electron chi connectivity index (χ4n) is 6.73. The van der Waals surface area contributed by atoms with E-state index in [1.807, 2.05) is 99.0 Å². The minimum atomic E-state index is -3.91. The van der Waals surface area contributed by atoms with Gasteiger partial charge in [0.2, 0.25) is 27.0 Å². The maximum Gasteiger partial charge on any atom is 0.243 e. The van der Waals surface area contributed by atoms with Crippen molar-refractivity contribution in [2.75, 3.05) is 38.8 Å². The number of piperidine rings is 1. The Bertz CT molecular complexity index is 2320. The molecule has 1 aliphatic carbocycles. The third kappa shape index (κ3) is 6.40. The predicted octanol–water partition coefficient (Wildman–Crippen LogP) is 6.14. The summed E-state index contributed by atoms with van der Waals surface area (Å²) in [4.78, 5) is 14.7. The molecule has 50 heavy (non-hydrogen) atoms. The lowest BCUT2D eigenvalue weighted by Gasteiger charge is -2.31. The number of carbonyl (C=O) groups excluding carboxylic acids is 1. The van der Waals surface area contributed by atoms with Crippen molar-refractivity contribution in [3.63, 3.8) is 0 Å². The van der Waals surface area contributed by atoms with Crippen molar-refractivity contribution in [1.82, 2.24) is 14.2 Å². The molecule has 0 bridgehead atoms. The number of sulfonamides is 1. The Morgan fingerprint density at radius 3 is 2.26 bits per heavy atom. The highest BCUT2D eigenvalue weighted by Gasteiger charge is 2.34. The standard InChI is InChI=1S/C40H39N5O4S/c1-43(30-11-5-3-6-12-30)32-18-17-29-23-36-35(24-33(26-38(36)49-37(29)25-32)44(2)31-13-7-4-8-14-31)34-15-9-10-16-39(34)50(47,48)45-21-19-28(20-22-45)40(46)42-27-41/h3-18,23-26,28H,19-22,27,41H2,1-2H3/p+1. The number of nitrogens with zero attached hydrogens (tertiary/aromatic N) is 3. The number of hydrogen-bond acceptors (Lipinski definition) is 6. The quantitative estimate of drug-likeness (QED) is 0.113. The summed E-state index contributed by atoms with van der Waals surface area (Å²) in [5.41, 5.74) is 11.2. The zero-order chi connectivity index (χ0) is 34.8. The average molecular weight is 687 g/mol. The third-order valence-electron chi connectivity index (χ3n) is 9.60. The van der Waals surface area contributed by atoms with Gasteiger partial charge in [-0.05, 0) is 54.8 Å². The number of anilines is 2. The van der Waals surface area contributed by atoms with E-state index < -0.39 is 10.0 Å². The van der Waals surface area contributed by atoms with E-state index in [0.717, 1.165) is 38.9 Å². The molecule has 1 saturated heterocycles. The molecule has 4 aromatic carbocycles. The molecule has 0 unspecified atom stereocenters. The lowest BCUT2D eigenvalue weighted by atomic mass is 9.97. The van der Waals surface area contributed by atoms with Gasteiger partial charge in [0.15, 0.2) is 0 Å². The van der Waals surface area contributed by atoms with E-state index in [1.165, 1.54) is 4.31 Å². The first kappa shape index (κ1) is 33.2. The second-order valence-corrected chi connectivity index (χ2v) is 14.5. The van der Waals surface area contributed by atoms with Gasteiger partial charge in [-0.1, -0.05) is 54.6 Å². The van der Waals surface area contributed by atoms with Crippen LogP contribution in [-0.4, -0.2) is 52.5 Å². The number of amides is 1. The number of benzene rings is 5. The maximum absolute atomic E-state index is 14.4. The Labute approximate surface area is 292 Å². The van der Waals surface area contributed by atoms with E-state index in [-0.39, 0.29) is 36.5 Å². The molecule has 10 heteroatoms. The van der Waals surface area contributed by atoms with Gasteiger partial charge in [0.25, 0.3) is 0 Å². The molecule has 1 amide bonds. The second-order valence-electron chi connectivity index (χ2n) is 12.6. The minimum absolute atomic E-state index is 0.0602. The van der Waals surface area contributed by atoms with E-state index in [4.69, 9.17) is 10.2 Å². The van der Waals surface area contributed by atoms with Gasteiger partial charge in [-0.25, -0.2) is 8.42 Å². The van der Waals surface area contributed by atoms with Gasteiger partial charge >= 0.3 is 0 Å². The zero-order valence-electron chi connectivity index (χ0n) is 28.1. The fraction of sp³-hybridized carbons (Fsp3) is 0.200. The number of nitrogens with two attached hydrogens (primary N) is 1. The topological polar surface area (TPSA) is 112 Å². The van der Waals surface area contributed by atoms with Crippen molar-refractivity contribution in [1.29, 1.82) is 0 Å². The molecule has 1 fully saturated rings. The third-order valence-corrected chi connectivity index (χ3v) is 11.6. The number of fused-ring (bicyclic) bond motifs is 2. The van der Waals surface area contributed by atoms with Gasteiger partial charge in [-0.3, -0.25) is 4.79 Å². The van der Waals surface area contributed by atoms with E-state index in [2.05, 4.69) is 39.1 Å². The Kier molecular flexibility index (Phi) is 9.24. The molecule has 4 aromatic rings. The van der Waals surface area contributed by atoms with E-state index in [1.54, 1.807) is 12.1 Å². The summed E-state index contributed by atoms with van der Waals surface area (Å²) in [6.07, 6.45) is 0.861. The first-order valence-electron chi connectivity index (χ1n) is 16.7. The first-order chi connectivity index (χ1) is 24.2. The largest absolute Gasteiger partial charge is 0.456 e. The van der Waals surface area contributed by atoms with Crippen molar-refractivity contribution in [3.8, 4) is 22.5 Å². The highest BCUT2D eigenvalue weighted by atomic mass is 32.2. The van der Waals surface area contributed by atoms with Crippen LogP contribution in [0, 0.1) is 5.92 Å². The molecule has 254 valence electrons. The van der Waals surface area contributed by atoms with Crippen LogP contribution in [0.15, 0.2) is 131 Å². The molecule has 0 radical (unpaired) electrons. The number of nitrogens with one attached hydrogen (secondary N) is 1. The number of para-hydroxylation sites is 2. The molecule has 2 aliphatic heterocycles. The van der Waals surface area contributed by atoms with E-state index in [9.17, 15) is 13.2 Å². The summed E-state index contributed by atoms with van der Waals surface area (Å²) in [5, 5.41) is 4.43. The first-order valence-corrected chi connectivity index (χ1v) is 18.2. The molecule has 0 saturated carbocycles. The van der Waals surface area contributed by atoms with Gasteiger partial charge in [-0.15, -0.1) is 0 Å². The van der Waals surface area contributed by atoms with Crippen LogP contribution in [0.25, 0.3) is 33.4 Å². The Hall–Kier alpha value is -5.29. The van der Waals surface area contributed by atoms with Crippen LogP contribution in [0.2, 0.25) is 0 Å². The molecular weight excluding hydrogens is 647 g/mol. The molecule has 2 heterocycles. The zero-order valence-corrected chi connectivity index (χ0v) is 28.9. The van der Waals surface area contributed by atoms with Gasteiger partial charge in [0, 0.05) is 78.2 Å². The van der Waals surface area contributed by atoms with Crippen LogP contribution < -0.4 is 25.9 Å². The highest BCUT2D eigenvalue weighted by molar-refractivity contribution is 7.89. The van der Waals surface area contributed by atoms with Crippen LogP contribution in [0.1, 0.15) is 12.8 Å². The summed E-state index contributed by atoms with van der Waals surface area (Å²) in [6, 6.07) is 39.5. The average Bonchev–Trinajstić information content (AvgIpc) is 3.16. The molecule has 0 aromatic heterocycles. The highest BCUT2D eigenvalue weighted by Crippen LogP contribution is 2.41. The maximum atomic E-state index is 14.4. The molecular formula is C40H40N5O4S+. The smallest absolute Gasteiger partial charge is 0.243 e. The summed E-state index contributed by atoms with van der Waals surface area (Å²) in [7, 11) is 0.100. The minimum Gasteiger partial charge on any atom is -0.456 e. The number of rotatable bonds is 8. The van der Waals surface area contributed by atoms with Crippen LogP contribution in [-0.2, 0) is 14.8 Å². The van der Waals surface area contributed by atoms with E-state index in [0.29, 0.717) is 29.7 Å². The monoisotopic (exact) mass is 686 g/mol. The molecule has 0 atom stereocenters. The molecule has 0 spiro atoms. The lowest BCUT2D eigenvalue weighted by molar-refractivity contribution is -0.126. The lowest BCUT2D eigenvalue weighted by Crippen LogP contribution is -2.44. The van der Waals surface area contributed by atoms with Gasteiger partial charge in [0.1, 0.15) is 18.4 Å². The van der Waals surface area contributed by atoms with Crippen molar-refractivity contribution in [3.05, 3.63) is 127 Å². The van der Waals surface area contributed by atoms with Crippen molar-refractivity contribution in [2.24, 2.45) is 11.7 Å². The fourth-order valence-corrected chi connectivity index (χ4v) is 8.41. The van der Waals surface area contributed by atoms with E-state index >= 15 is 0 Å². The van der Waals surface area contributed by atoms with Crippen molar-refractivity contribution in [2.45, 2.75) is 17.7 Å². The van der Waals surface area contributed by atoms with Gasteiger partial charge in [0.05, 0.1) is 17.6 Å². The van der Waals surface area contributed by atoms with Crippen LogP contribution in [0.4, 0.5) is 17.1 Å². The molecule has 9 nitrogen and oxygen atoms in total. The van der Waals surface area contributed by atoms with Crippen molar-refractivity contribution < 1.29 is 17.6 Å². The second kappa shape index (κ2) is 13.9. The SMILES string of the molecule is CN(c1ccccc1)c1cc(-c2ccccc2S(=O)(=O)N2CCC(C(=O)NCN)CC2)c2cc3cc/c(=[N+](\C)c4ccccc4)cc-3oc2c1.